The molecule has 0 saturated carbocycles. The Labute approximate surface area is 124 Å². The van der Waals surface area contributed by atoms with Crippen LogP contribution in [0.15, 0.2) is 12.1 Å². The molecule has 1 aromatic carbocycles. The van der Waals surface area contributed by atoms with E-state index >= 15 is 0 Å². The molecule has 0 aliphatic rings. The molecule has 0 heterocycles. The Morgan fingerprint density at radius 3 is 2.30 bits per heavy atom. The third-order valence-corrected chi connectivity index (χ3v) is 3.64. The van der Waals surface area contributed by atoms with Crippen molar-refractivity contribution >= 4 is 0 Å². The van der Waals surface area contributed by atoms with E-state index in [1.807, 2.05) is 0 Å². The van der Waals surface area contributed by atoms with Gasteiger partial charge in [-0.15, -0.1) is 0 Å². The summed E-state index contributed by atoms with van der Waals surface area (Å²) in [5.41, 5.74) is 3.91. The molecule has 0 atom stereocenters. The summed E-state index contributed by atoms with van der Waals surface area (Å²) in [4.78, 5) is 0. The van der Waals surface area contributed by atoms with Crippen LogP contribution in [-0.2, 0) is 0 Å². The summed E-state index contributed by atoms with van der Waals surface area (Å²) in [6.07, 6.45) is 0. The summed E-state index contributed by atoms with van der Waals surface area (Å²) in [5, 5.41) is 3.52. The van der Waals surface area contributed by atoms with E-state index in [2.05, 4.69) is 65.9 Å². The van der Waals surface area contributed by atoms with Crippen LogP contribution in [0.1, 0.15) is 44.4 Å². The predicted molar refractivity (Wildman–Crippen MR) is 87.6 cm³/mol. The zero-order valence-electron chi connectivity index (χ0n) is 14.3. The minimum absolute atomic E-state index is 0.136. The molecule has 20 heavy (non-hydrogen) atoms. The lowest BCUT2D eigenvalue weighted by atomic mass is 9.94. The first kappa shape index (κ1) is 17.0. The van der Waals surface area contributed by atoms with Gasteiger partial charge in [-0.25, -0.2) is 0 Å². The molecule has 0 amide bonds. The van der Waals surface area contributed by atoms with E-state index in [1.54, 1.807) is 0 Å². The van der Waals surface area contributed by atoms with Gasteiger partial charge in [-0.3, -0.25) is 0 Å². The van der Waals surface area contributed by atoms with Gasteiger partial charge in [-0.1, -0.05) is 39.8 Å². The molecule has 114 valence electrons. The normalized spacial score (nSPS) is 12.0. The van der Waals surface area contributed by atoms with Crippen molar-refractivity contribution in [1.29, 1.82) is 0 Å². The van der Waals surface area contributed by atoms with Crippen LogP contribution in [0, 0.1) is 32.1 Å². The standard InChI is InChI=1S/C18H31NO/c1-13(2)10-19-11-18(6,7)12-20-17-15(4)9-8-14(3)16(17)5/h8-9,13,19H,10-12H2,1-7H3. The molecule has 1 aromatic rings. The summed E-state index contributed by atoms with van der Waals surface area (Å²) in [5.74, 6) is 1.75. The van der Waals surface area contributed by atoms with Crippen LogP contribution in [0.5, 0.6) is 5.75 Å². The number of aryl methyl sites for hydroxylation is 2. The average Bonchev–Trinajstić information content (AvgIpc) is 2.33. The quantitative estimate of drug-likeness (QED) is 0.804. The second kappa shape index (κ2) is 7.12. The van der Waals surface area contributed by atoms with Gasteiger partial charge in [0.1, 0.15) is 5.75 Å². The van der Waals surface area contributed by atoms with Crippen LogP contribution in [0.4, 0.5) is 0 Å². The Morgan fingerprint density at radius 1 is 1.10 bits per heavy atom. The lowest BCUT2D eigenvalue weighted by Gasteiger charge is -2.27. The zero-order chi connectivity index (χ0) is 15.3. The summed E-state index contributed by atoms with van der Waals surface area (Å²) in [7, 11) is 0. The molecule has 2 heteroatoms. The van der Waals surface area contributed by atoms with Crippen LogP contribution in [0.25, 0.3) is 0 Å². The van der Waals surface area contributed by atoms with Gasteiger partial charge < -0.3 is 10.1 Å². The van der Waals surface area contributed by atoms with Crippen LogP contribution in [0.3, 0.4) is 0 Å². The van der Waals surface area contributed by atoms with Gasteiger partial charge in [0.25, 0.3) is 0 Å². The Hall–Kier alpha value is -1.02. The lowest BCUT2D eigenvalue weighted by Crippen LogP contribution is -2.36. The van der Waals surface area contributed by atoms with Gasteiger partial charge in [-0.2, -0.15) is 0 Å². The maximum Gasteiger partial charge on any atom is 0.125 e. The van der Waals surface area contributed by atoms with Crippen molar-refractivity contribution in [2.75, 3.05) is 19.7 Å². The van der Waals surface area contributed by atoms with Crippen molar-refractivity contribution in [2.45, 2.75) is 48.5 Å². The van der Waals surface area contributed by atoms with E-state index in [0.717, 1.165) is 25.4 Å². The molecular formula is C18H31NO. The number of rotatable bonds is 7. The lowest BCUT2D eigenvalue weighted by molar-refractivity contribution is 0.173. The fraction of sp³-hybridized carbons (Fsp3) is 0.667. The highest BCUT2D eigenvalue weighted by Crippen LogP contribution is 2.27. The summed E-state index contributed by atoms with van der Waals surface area (Å²) in [6.45, 7) is 18.1. The molecule has 0 spiro atoms. The first-order valence-corrected chi connectivity index (χ1v) is 7.63. The van der Waals surface area contributed by atoms with Crippen molar-refractivity contribution in [1.82, 2.24) is 5.32 Å². The predicted octanol–water partition coefficient (Wildman–Crippen LogP) is 4.26. The van der Waals surface area contributed by atoms with Crippen molar-refractivity contribution < 1.29 is 4.74 Å². The molecule has 2 nitrogen and oxygen atoms in total. The highest BCUT2D eigenvalue weighted by Gasteiger charge is 2.20. The molecule has 0 bridgehead atoms. The molecule has 0 saturated heterocycles. The van der Waals surface area contributed by atoms with E-state index in [4.69, 9.17) is 4.74 Å². The molecule has 0 fully saturated rings. The number of nitrogens with one attached hydrogen (secondary N) is 1. The molecule has 1 rings (SSSR count). The first-order chi connectivity index (χ1) is 9.23. The van der Waals surface area contributed by atoms with Crippen molar-refractivity contribution in [3.05, 3.63) is 28.8 Å². The zero-order valence-corrected chi connectivity index (χ0v) is 14.3. The summed E-state index contributed by atoms with van der Waals surface area (Å²) < 4.78 is 6.13. The Balaban J connectivity index is 2.60. The molecule has 0 aliphatic carbocycles. The van der Waals surface area contributed by atoms with Gasteiger partial charge in [0.05, 0.1) is 6.61 Å². The Kier molecular flexibility index (Phi) is 6.07. The van der Waals surface area contributed by atoms with Crippen molar-refractivity contribution in [3.63, 3.8) is 0 Å². The summed E-state index contributed by atoms with van der Waals surface area (Å²) >= 11 is 0. The van der Waals surface area contributed by atoms with E-state index in [-0.39, 0.29) is 5.41 Å². The summed E-state index contributed by atoms with van der Waals surface area (Å²) in [6, 6.07) is 4.30. The molecule has 0 unspecified atom stereocenters. The van der Waals surface area contributed by atoms with Crippen LogP contribution in [0.2, 0.25) is 0 Å². The topological polar surface area (TPSA) is 21.3 Å². The van der Waals surface area contributed by atoms with E-state index in [9.17, 15) is 0 Å². The van der Waals surface area contributed by atoms with Gasteiger partial charge in [0.15, 0.2) is 0 Å². The third-order valence-electron chi connectivity index (χ3n) is 3.64. The fourth-order valence-corrected chi connectivity index (χ4v) is 2.17. The SMILES string of the molecule is Cc1ccc(C)c(OCC(C)(C)CNCC(C)C)c1C. The molecule has 0 aliphatic heterocycles. The second-order valence-electron chi connectivity index (χ2n) is 7.13. The number of benzene rings is 1. The smallest absolute Gasteiger partial charge is 0.125 e. The van der Waals surface area contributed by atoms with Crippen LogP contribution < -0.4 is 10.1 Å². The molecule has 0 radical (unpaired) electrons. The largest absolute Gasteiger partial charge is 0.492 e. The second-order valence-corrected chi connectivity index (χ2v) is 7.13. The van der Waals surface area contributed by atoms with Crippen LogP contribution in [-0.4, -0.2) is 19.7 Å². The van der Waals surface area contributed by atoms with E-state index < -0.39 is 0 Å². The van der Waals surface area contributed by atoms with Crippen LogP contribution >= 0.6 is 0 Å². The minimum Gasteiger partial charge on any atom is -0.492 e. The van der Waals surface area contributed by atoms with E-state index in [0.29, 0.717) is 5.92 Å². The minimum atomic E-state index is 0.136. The van der Waals surface area contributed by atoms with E-state index in [1.165, 1.54) is 16.7 Å². The highest BCUT2D eigenvalue weighted by molar-refractivity contribution is 5.44. The monoisotopic (exact) mass is 277 g/mol. The molecule has 0 aromatic heterocycles. The Morgan fingerprint density at radius 2 is 1.70 bits per heavy atom. The molecular weight excluding hydrogens is 246 g/mol. The Bertz CT molecular complexity index is 435. The third kappa shape index (κ3) is 5.16. The van der Waals surface area contributed by atoms with Gasteiger partial charge in [0.2, 0.25) is 0 Å². The van der Waals surface area contributed by atoms with Gasteiger partial charge in [-0.05, 0) is 49.9 Å². The number of ether oxygens (including phenoxy) is 1. The van der Waals surface area contributed by atoms with Crippen molar-refractivity contribution in [3.8, 4) is 5.75 Å². The maximum absolute atomic E-state index is 6.13. The number of hydrogen-bond donors (Lipinski definition) is 1. The maximum atomic E-state index is 6.13. The fourth-order valence-electron chi connectivity index (χ4n) is 2.17. The highest BCUT2D eigenvalue weighted by atomic mass is 16.5. The molecule has 1 N–H and O–H groups in total. The average molecular weight is 277 g/mol. The van der Waals surface area contributed by atoms with Gasteiger partial charge in [0, 0.05) is 12.0 Å². The number of hydrogen-bond acceptors (Lipinski definition) is 2. The van der Waals surface area contributed by atoms with Crippen molar-refractivity contribution in [2.24, 2.45) is 11.3 Å². The first-order valence-electron chi connectivity index (χ1n) is 7.63. The van der Waals surface area contributed by atoms with Gasteiger partial charge >= 0.3 is 0 Å².